The van der Waals surface area contributed by atoms with Crippen LogP contribution in [0, 0.1) is 0 Å². The first-order chi connectivity index (χ1) is 8.93. The second-order valence-corrected chi connectivity index (χ2v) is 4.79. The maximum atomic E-state index is 4.49. The second kappa shape index (κ2) is 3.67. The van der Waals surface area contributed by atoms with Gasteiger partial charge in [0.15, 0.2) is 0 Å². The fourth-order valence-electron chi connectivity index (χ4n) is 2.47. The van der Waals surface area contributed by atoms with Gasteiger partial charge in [0.2, 0.25) is 0 Å². The molecule has 0 radical (unpaired) electrons. The lowest BCUT2D eigenvalue weighted by molar-refractivity contribution is 0.813. The highest BCUT2D eigenvalue weighted by atomic mass is 15.3. The summed E-state index contributed by atoms with van der Waals surface area (Å²) < 4.78 is 2.07. The third-order valence-corrected chi connectivity index (χ3v) is 3.52. The van der Waals surface area contributed by atoms with Crippen LogP contribution >= 0.6 is 0 Å². The van der Waals surface area contributed by atoms with Gasteiger partial charge >= 0.3 is 0 Å². The second-order valence-electron chi connectivity index (χ2n) is 4.79. The van der Waals surface area contributed by atoms with E-state index in [-0.39, 0.29) is 0 Å². The van der Waals surface area contributed by atoms with Crippen LogP contribution in [0.1, 0.15) is 24.5 Å². The molecule has 1 aliphatic carbocycles. The summed E-state index contributed by atoms with van der Waals surface area (Å²) >= 11 is 0. The van der Waals surface area contributed by atoms with Crippen molar-refractivity contribution >= 4 is 10.9 Å². The van der Waals surface area contributed by atoms with Crippen molar-refractivity contribution in [2.45, 2.75) is 18.8 Å². The van der Waals surface area contributed by atoms with Crippen LogP contribution in [0.25, 0.3) is 16.6 Å². The van der Waals surface area contributed by atoms with Gasteiger partial charge in [0.1, 0.15) is 0 Å². The van der Waals surface area contributed by atoms with Crippen molar-refractivity contribution in [2.24, 2.45) is 0 Å². The van der Waals surface area contributed by atoms with Gasteiger partial charge in [-0.1, -0.05) is 6.07 Å². The summed E-state index contributed by atoms with van der Waals surface area (Å²) in [6.45, 7) is 0. The van der Waals surface area contributed by atoms with E-state index in [1.54, 1.807) is 0 Å². The lowest BCUT2D eigenvalue weighted by Crippen LogP contribution is -2.01. The van der Waals surface area contributed by atoms with E-state index in [0.717, 1.165) is 16.6 Å². The van der Waals surface area contributed by atoms with Gasteiger partial charge < -0.3 is 0 Å². The van der Waals surface area contributed by atoms with Crippen LogP contribution in [0.5, 0.6) is 0 Å². The number of hydrogen-bond donors (Lipinski definition) is 0. The molecule has 0 N–H and O–H groups in total. The molecule has 1 aromatic carbocycles. The third kappa shape index (κ3) is 1.44. The Kier molecular flexibility index (Phi) is 2.00. The Bertz CT molecular complexity index is 705. The lowest BCUT2D eigenvalue weighted by atomic mass is 10.1. The molecule has 0 unspecified atom stereocenters. The van der Waals surface area contributed by atoms with Crippen molar-refractivity contribution in [3.8, 4) is 5.69 Å². The van der Waals surface area contributed by atoms with Crippen LogP contribution in [-0.4, -0.2) is 14.8 Å². The number of hydrogen-bond acceptors (Lipinski definition) is 2. The van der Waals surface area contributed by atoms with Crippen LogP contribution in [-0.2, 0) is 0 Å². The van der Waals surface area contributed by atoms with E-state index in [4.69, 9.17) is 0 Å². The van der Waals surface area contributed by atoms with E-state index >= 15 is 0 Å². The summed E-state index contributed by atoms with van der Waals surface area (Å²) in [4.78, 5) is 4.40. The average molecular weight is 235 g/mol. The van der Waals surface area contributed by atoms with Crippen molar-refractivity contribution in [2.75, 3.05) is 0 Å². The number of pyridine rings is 1. The van der Waals surface area contributed by atoms with Gasteiger partial charge in [-0.05, 0) is 43.2 Å². The Morgan fingerprint density at radius 1 is 1.00 bits per heavy atom. The molecule has 3 heteroatoms. The molecule has 0 spiro atoms. The summed E-state index contributed by atoms with van der Waals surface area (Å²) in [6.07, 6.45) is 6.29. The van der Waals surface area contributed by atoms with Gasteiger partial charge in [0, 0.05) is 29.4 Å². The molecule has 2 heterocycles. The minimum Gasteiger partial charge on any atom is -0.256 e. The first kappa shape index (κ1) is 9.83. The van der Waals surface area contributed by atoms with E-state index in [1.807, 2.05) is 30.6 Å². The van der Waals surface area contributed by atoms with Crippen molar-refractivity contribution in [1.82, 2.24) is 14.8 Å². The van der Waals surface area contributed by atoms with Crippen molar-refractivity contribution in [3.05, 3.63) is 54.5 Å². The topological polar surface area (TPSA) is 30.7 Å². The van der Waals surface area contributed by atoms with E-state index in [0.29, 0.717) is 5.92 Å². The van der Waals surface area contributed by atoms with Crippen LogP contribution in [0.2, 0.25) is 0 Å². The normalized spacial score (nSPS) is 15.1. The van der Waals surface area contributed by atoms with Gasteiger partial charge in [0.05, 0.1) is 11.2 Å². The molecule has 3 aromatic rings. The molecule has 2 aromatic heterocycles. The van der Waals surface area contributed by atoms with E-state index in [2.05, 4.69) is 33.0 Å². The molecule has 0 amide bonds. The highest BCUT2D eigenvalue weighted by Gasteiger charge is 2.27. The minimum atomic E-state index is 0.694. The van der Waals surface area contributed by atoms with Crippen molar-refractivity contribution in [3.63, 3.8) is 0 Å². The Balaban J connectivity index is 1.98. The quantitative estimate of drug-likeness (QED) is 0.682. The molecule has 0 atom stereocenters. The zero-order valence-corrected chi connectivity index (χ0v) is 9.95. The van der Waals surface area contributed by atoms with Crippen LogP contribution in [0.4, 0.5) is 0 Å². The van der Waals surface area contributed by atoms with Gasteiger partial charge in [-0.15, -0.1) is 0 Å². The highest BCUT2D eigenvalue weighted by Crippen LogP contribution is 2.41. The van der Waals surface area contributed by atoms with Crippen LogP contribution < -0.4 is 0 Å². The molecule has 3 nitrogen and oxygen atoms in total. The minimum absolute atomic E-state index is 0.694. The summed E-state index contributed by atoms with van der Waals surface area (Å²) in [5.41, 5.74) is 3.48. The summed E-state index contributed by atoms with van der Waals surface area (Å²) in [5, 5.41) is 5.64. The molecular weight excluding hydrogens is 222 g/mol. The smallest absolute Gasteiger partial charge is 0.0742 e. The summed E-state index contributed by atoms with van der Waals surface area (Å²) in [5.74, 6) is 0.694. The first-order valence-corrected chi connectivity index (χ1v) is 6.31. The molecule has 0 saturated heterocycles. The van der Waals surface area contributed by atoms with Gasteiger partial charge in [-0.25, -0.2) is 4.68 Å². The van der Waals surface area contributed by atoms with Gasteiger partial charge in [0.25, 0.3) is 0 Å². The fourth-order valence-corrected chi connectivity index (χ4v) is 2.47. The Morgan fingerprint density at radius 2 is 1.94 bits per heavy atom. The largest absolute Gasteiger partial charge is 0.256 e. The van der Waals surface area contributed by atoms with Crippen molar-refractivity contribution in [1.29, 1.82) is 0 Å². The summed E-state index contributed by atoms with van der Waals surface area (Å²) in [6, 6.07) is 12.4. The SMILES string of the molecule is c1cc(-n2nccc2C2CC2)c2cccnc2c1. The molecule has 4 rings (SSSR count). The monoisotopic (exact) mass is 235 g/mol. The van der Waals surface area contributed by atoms with Gasteiger partial charge in [-0.3, -0.25) is 4.98 Å². The predicted molar refractivity (Wildman–Crippen MR) is 70.8 cm³/mol. The molecule has 1 aliphatic rings. The number of fused-ring (bicyclic) bond motifs is 1. The number of rotatable bonds is 2. The zero-order chi connectivity index (χ0) is 11.9. The number of aromatic nitrogens is 3. The molecule has 1 saturated carbocycles. The maximum absolute atomic E-state index is 4.49. The lowest BCUT2D eigenvalue weighted by Gasteiger charge is -2.09. The van der Waals surface area contributed by atoms with E-state index in [9.17, 15) is 0 Å². The predicted octanol–water partition coefficient (Wildman–Crippen LogP) is 3.30. The molecular formula is C15H13N3. The summed E-state index contributed by atoms with van der Waals surface area (Å²) in [7, 11) is 0. The molecule has 0 aliphatic heterocycles. The van der Waals surface area contributed by atoms with E-state index in [1.165, 1.54) is 18.5 Å². The number of nitrogens with zero attached hydrogens (tertiary/aromatic N) is 3. The molecule has 0 bridgehead atoms. The molecule has 1 fully saturated rings. The maximum Gasteiger partial charge on any atom is 0.0742 e. The van der Waals surface area contributed by atoms with Gasteiger partial charge in [-0.2, -0.15) is 5.10 Å². The molecule has 18 heavy (non-hydrogen) atoms. The number of benzene rings is 1. The Hall–Kier alpha value is -2.16. The van der Waals surface area contributed by atoms with Crippen LogP contribution in [0.15, 0.2) is 48.8 Å². The van der Waals surface area contributed by atoms with Crippen LogP contribution in [0.3, 0.4) is 0 Å². The zero-order valence-electron chi connectivity index (χ0n) is 9.95. The molecule has 88 valence electrons. The standard InChI is InChI=1S/C15H13N3/c1-4-13-12(3-2-9-16-13)15(5-1)18-14(8-10-17-18)11-6-7-11/h1-5,8-11H,6-7H2. The average Bonchev–Trinajstić information content (AvgIpc) is 3.16. The highest BCUT2D eigenvalue weighted by molar-refractivity contribution is 5.86. The fraction of sp³-hybridized carbons (Fsp3) is 0.200. The van der Waals surface area contributed by atoms with E-state index < -0.39 is 0 Å². The Labute approximate surface area is 105 Å². The van der Waals surface area contributed by atoms with Crippen molar-refractivity contribution < 1.29 is 0 Å². The first-order valence-electron chi connectivity index (χ1n) is 6.31. The Morgan fingerprint density at radius 3 is 2.83 bits per heavy atom. The third-order valence-electron chi connectivity index (χ3n) is 3.52.